The molecular weight excluding hydrogens is 594 g/mol. The van der Waals surface area contributed by atoms with Gasteiger partial charge in [-0.15, -0.1) is 0 Å². The lowest BCUT2D eigenvalue weighted by molar-refractivity contribution is -0.138. The van der Waals surface area contributed by atoms with Crippen molar-refractivity contribution in [3.8, 4) is 5.75 Å². The van der Waals surface area contributed by atoms with Crippen molar-refractivity contribution in [2.45, 2.75) is 44.6 Å². The Morgan fingerprint density at radius 1 is 0.950 bits per heavy atom. The van der Waals surface area contributed by atoms with Crippen molar-refractivity contribution in [2.75, 3.05) is 30.5 Å². The highest BCUT2D eigenvalue weighted by Gasteiger charge is 2.32. The zero-order chi connectivity index (χ0) is 29.1. The molecule has 0 spiro atoms. The Kier molecular flexibility index (Phi) is 11.6. The van der Waals surface area contributed by atoms with Gasteiger partial charge in [-0.3, -0.25) is 13.9 Å². The average molecular weight is 631 g/mol. The van der Waals surface area contributed by atoms with Crippen LogP contribution in [0.25, 0.3) is 0 Å². The molecule has 3 aromatic rings. The molecule has 0 fully saturated rings. The molecule has 1 atom stereocenters. The smallest absolute Gasteiger partial charge is 0.264 e. The van der Waals surface area contributed by atoms with Gasteiger partial charge < -0.3 is 15.0 Å². The first-order valence-electron chi connectivity index (χ1n) is 13.3. The summed E-state index contributed by atoms with van der Waals surface area (Å²) < 4.78 is 35.1. The van der Waals surface area contributed by atoms with Gasteiger partial charge in [0.25, 0.3) is 10.0 Å². The number of carbonyl (C=O) groups is 2. The number of halogens is 1. The van der Waals surface area contributed by atoms with E-state index in [2.05, 4.69) is 21.2 Å². The highest BCUT2D eigenvalue weighted by Crippen LogP contribution is 2.27. The minimum absolute atomic E-state index is 0.0435. The van der Waals surface area contributed by atoms with Crippen molar-refractivity contribution in [1.82, 2.24) is 10.2 Å². The minimum atomic E-state index is -4.13. The first-order chi connectivity index (χ1) is 19.2. The number of sulfonamides is 1. The van der Waals surface area contributed by atoms with Gasteiger partial charge in [-0.05, 0) is 80.8 Å². The molecule has 0 saturated heterocycles. The number of anilines is 1. The van der Waals surface area contributed by atoms with Gasteiger partial charge >= 0.3 is 0 Å². The van der Waals surface area contributed by atoms with E-state index in [0.29, 0.717) is 31.0 Å². The molecule has 40 heavy (non-hydrogen) atoms. The van der Waals surface area contributed by atoms with Crippen LogP contribution in [-0.4, -0.2) is 57.4 Å². The molecule has 0 aromatic heterocycles. The van der Waals surface area contributed by atoms with Crippen molar-refractivity contribution in [1.29, 1.82) is 0 Å². The van der Waals surface area contributed by atoms with Gasteiger partial charge in [0.2, 0.25) is 11.8 Å². The van der Waals surface area contributed by atoms with Gasteiger partial charge in [0, 0.05) is 17.6 Å². The Hall–Kier alpha value is -3.37. The second-order valence-electron chi connectivity index (χ2n) is 9.18. The summed E-state index contributed by atoms with van der Waals surface area (Å²) in [6.45, 7) is 6.20. The number of amides is 2. The molecule has 0 saturated carbocycles. The summed E-state index contributed by atoms with van der Waals surface area (Å²) in [7, 11) is -4.13. The summed E-state index contributed by atoms with van der Waals surface area (Å²) in [6.07, 6.45) is 1.27. The predicted molar refractivity (Wildman–Crippen MR) is 161 cm³/mol. The van der Waals surface area contributed by atoms with Crippen molar-refractivity contribution >= 4 is 43.5 Å². The number of nitrogens with one attached hydrogen (secondary N) is 1. The Morgan fingerprint density at radius 2 is 1.60 bits per heavy atom. The lowest BCUT2D eigenvalue weighted by Gasteiger charge is -2.32. The number of benzene rings is 3. The van der Waals surface area contributed by atoms with E-state index in [1.165, 1.54) is 17.0 Å². The van der Waals surface area contributed by atoms with Crippen LogP contribution in [0.3, 0.4) is 0 Å². The van der Waals surface area contributed by atoms with Gasteiger partial charge in [0.05, 0.1) is 17.2 Å². The highest BCUT2D eigenvalue weighted by atomic mass is 79.9. The maximum absolute atomic E-state index is 13.9. The Morgan fingerprint density at radius 3 is 2.20 bits per heavy atom. The summed E-state index contributed by atoms with van der Waals surface area (Å²) >= 11 is 3.34. The molecule has 0 aliphatic carbocycles. The molecule has 2 amide bonds. The van der Waals surface area contributed by atoms with Crippen LogP contribution in [-0.2, 0) is 26.0 Å². The Balaban J connectivity index is 1.97. The van der Waals surface area contributed by atoms with E-state index in [-0.39, 0.29) is 17.3 Å². The van der Waals surface area contributed by atoms with Crippen molar-refractivity contribution in [3.63, 3.8) is 0 Å². The summed E-state index contributed by atoms with van der Waals surface area (Å²) in [6, 6.07) is 21.7. The normalized spacial score (nSPS) is 11.9. The lowest BCUT2D eigenvalue weighted by Crippen LogP contribution is -2.52. The zero-order valence-electron chi connectivity index (χ0n) is 23.0. The quantitative estimate of drug-likeness (QED) is 0.270. The fourth-order valence-electron chi connectivity index (χ4n) is 4.10. The number of hydrogen-bond acceptors (Lipinski definition) is 5. The van der Waals surface area contributed by atoms with Gasteiger partial charge in [-0.1, -0.05) is 53.2 Å². The zero-order valence-corrected chi connectivity index (χ0v) is 25.4. The van der Waals surface area contributed by atoms with E-state index in [9.17, 15) is 18.0 Å². The molecule has 0 aliphatic heterocycles. The van der Waals surface area contributed by atoms with Crippen molar-refractivity contribution in [2.24, 2.45) is 0 Å². The molecule has 10 heteroatoms. The van der Waals surface area contributed by atoms with Crippen LogP contribution in [0.15, 0.2) is 88.2 Å². The molecule has 3 rings (SSSR count). The first-order valence-corrected chi connectivity index (χ1v) is 15.5. The summed E-state index contributed by atoms with van der Waals surface area (Å²) in [5.41, 5.74) is 1.32. The second kappa shape index (κ2) is 14.9. The molecule has 8 nitrogen and oxygen atoms in total. The maximum Gasteiger partial charge on any atom is 0.264 e. The van der Waals surface area contributed by atoms with E-state index in [0.717, 1.165) is 20.8 Å². The van der Waals surface area contributed by atoms with Crippen LogP contribution < -0.4 is 14.4 Å². The van der Waals surface area contributed by atoms with Crippen LogP contribution in [0.5, 0.6) is 5.75 Å². The van der Waals surface area contributed by atoms with Crippen molar-refractivity contribution < 1.29 is 22.7 Å². The monoisotopic (exact) mass is 629 g/mol. The fourth-order valence-corrected chi connectivity index (χ4v) is 5.78. The van der Waals surface area contributed by atoms with E-state index in [4.69, 9.17) is 4.74 Å². The van der Waals surface area contributed by atoms with E-state index in [1.807, 2.05) is 44.2 Å². The lowest BCUT2D eigenvalue weighted by atomic mass is 10.1. The molecule has 0 heterocycles. The Bertz CT molecular complexity index is 1350. The molecule has 3 aromatic carbocycles. The summed E-state index contributed by atoms with van der Waals surface area (Å²) in [4.78, 5) is 28.3. The van der Waals surface area contributed by atoms with Crippen molar-refractivity contribution in [3.05, 3.63) is 88.9 Å². The third-order valence-electron chi connectivity index (χ3n) is 6.32. The molecular formula is C30H36BrN3O5S. The summed E-state index contributed by atoms with van der Waals surface area (Å²) in [5, 5.41) is 2.85. The van der Waals surface area contributed by atoms with Crippen LogP contribution in [0, 0.1) is 0 Å². The number of rotatable bonds is 14. The molecule has 214 valence electrons. The first kappa shape index (κ1) is 31.2. The fraction of sp³-hybridized carbons (Fsp3) is 0.333. The van der Waals surface area contributed by atoms with Crippen LogP contribution >= 0.6 is 15.9 Å². The van der Waals surface area contributed by atoms with E-state index < -0.39 is 28.5 Å². The van der Waals surface area contributed by atoms with Crippen LogP contribution in [0.4, 0.5) is 5.69 Å². The standard InChI is InChI=1S/C30H36BrN3O5S/c1-4-20-32-30(36)23(3)33(21-19-24-9-7-6-8-10-24)29(35)22-34(26-13-15-27(16-14-26)39-5-2)40(37,38)28-17-11-25(31)12-18-28/h6-18,23H,4-5,19-22H2,1-3H3,(H,32,36)/t23-/m0/s1. The van der Waals surface area contributed by atoms with Gasteiger partial charge in [0.1, 0.15) is 18.3 Å². The molecule has 0 unspecified atom stereocenters. The summed E-state index contributed by atoms with van der Waals surface area (Å²) in [5.74, 6) is -0.180. The Labute approximate surface area is 245 Å². The number of carbonyl (C=O) groups excluding carboxylic acids is 2. The SMILES string of the molecule is CCCNC(=O)[C@H](C)N(CCc1ccccc1)C(=O)CN(c1ccc(OCC)cc1)S(=O)(=O)c1ccc(Br)cc1. The molecule has 0 aliphatic rings. The second-order valence-corrected chi connectivity index (χ2v) is 12.0. The third-order valence-corrected chi connectivity index (χ3v) is 8.63. The number of nitrogens with zero attached hydrogens (tertiary/aromatic N) is 2. The van der Waals surface area contributed by atoms with E-state index >= 15 is 0 Å². The van der Waals surface area contributed by atoms with Crippen LogP contribution in [0.2, 0.25) is 0 Å². The number of ether oxygens (including phenoxy) is 1. The van der Waals surface area contributed by atoms with Gasteiger partial charge in [-0.2, -0.15) is 0 Å². The van der Waals surface area contributed by atoms with E-state index in [1.54, 1.807) is 43.3 Å². The average Bonchev–Trinajstić information content (AvgIpc) is 2.96. The topological polar surface area (TPSA) is 96.0 Å². The maximum atomic E-state index is 13.9. The third kappa shape index (κ3) is 8.32. The van der Waals surface area contributed by atoms with Crippen LogP contribution in [0.1, 0.15) is 32.8 Å². The number of hydrogen-bond donors (Lipinski definition) is 1. The molecule has 1 N–H and O–H groups in total. The van der Waals surface area contributed by atoms with Gasteiger partial charge in [-0.25, -0.2) is 8.42 Å². The largest absolute Gasteiger partial charge is 0.494 e. The predicted octanol–water partition coefficient (Wildman–Crippen LogP) is 5.03. The molecule has 0 radical (unpaired) electrons. The molecule has 0 bridgehead atoms. The highest BCUT2D eigenvalue weighted by molar-refractivity contribution is 9.10. The van der Waals surface area contributed by atoms with Gasteiger partial charge in [0.15, 0.2) is 0 Å². The minimum Gasteiger partial charge on any atom is -0.494 e.